The van der Waals surface area contributed by atoms with Crippen LogP contribution >= 0.6 is 0 Å². The molecule has 9 aromatic carbocycles. The first-order chi connectivity index (χ1) is 22.8. The Morgan fingerprint density at radius 2 is 0.717 bits per heavy atom. The molecule has 0 N–H and O–H groups in total. The molecule has 0 heterocycles. The average Bonchev–Trinajstić information content (AvgIpc) is 3.14. The van der Waals surface area contributed by atoms with E-state index in [0.29, 0.717) is 0 Å². The molecule has 0 fully saturated rings. The van der Waals surface area contributed by atoms with Gasteiger partial charge >= 0.3 is 0 Å². The SMILES string of the molecule is c1cc(-c2ccc3cc(-c4ccc(-c5cccc6ccccc56)cc4)ccc3c2)cc(-c2cc3ccccc3c3ccccc23)c1. The molecule has 0 unspecified atom stereocenters. The van der Waals surface area contributed by atoms with Crippen LogP contribution in [-0.4, -0.2) is 0 Å². The van der Waals surface area contributed by atoms with E-state index in [-0.39, 0.29) is 0 Å². The second-order valence-corrected chi connectivity index (χ2v) is 12.2. The maximum atomic E-state index is 2.34. The molecule has 0 saturated carbocycles. The third-order valence-electron chi connectivity index (χ3n) is 9.43. The maximum absolute atomic E-state index is 2.34. The van der Waals surface area contributed by atoms with E-state index >= 15 is 0 Å². The van der Waals surface area contributed by atoms with Gasteiger partial charge in [-0.3, -0.25) is 0 Å². The molecule has 0 saturated heterocycles. The summed E-state index contributed by atoms with van der Waals surface area (Å²) in [5.41, 5.74) is 9.94. The second-order valence-electron chi connectivity index (χ2n) is 12.2. The molecule has 46 heavy (non-hydrogen) atoms. The normalized spacial score (nSPS) is 11.5. The van der Waals surface area contributed by atoms with E-state index in [1.807, 2.05) is 0 Å². The summed E-state index contributed by atoms with van der Waals surface area (Å²) in [6.07, 6.45) is 0. The molecule has 9 aromatic rings. The van der Waals surface area contributed by atoms with Gasteiger partial charge in [-0.15, -0.1) is 0 Å². The predicted molar refractivity (Wildman–Crippen MR) is 198 cm³/mol. The van der Waals surface area contributed by atoms with Gasteiger partial charge in [-0.2, -0.15) is 0 Å². The molecular formula is C46H30. The first-order valence-electron chi connectivity index (χ1n) is 15.9. The van der Waals surface area contributed by atoms with Crippen molar-refractivity contribution in [1.82, 2.24) is 0 Å². The molecular weight excluding hydrogens is 553 g/mol. The van der Waals surface area contributed by atoms with E-state index in [4.69, 9.17) is 0 Å². The number of hydrogen-bond donors (Lipinski definition) is 0. The minimum atomic E-state index is 1.23. The lowest BCUT2D eigenvalue weighted by atomic mass is 9.91. The monoisotopic (exact) mass is 582 g/mol. The zero-order chi connectivity index (χ0) is 30.5. The summed E-state index contributed by atoms with van der Waals surface area (Å²) in [4.78, 5) is 0. The van der Waals surface area contributed by atoms with E-state index in [0.717, 1.165) is 0 Å². The van der Waals surface area contributed by atoms with Crippen LogP contribution in [0.5, 0.6) is 0 Å². The van der Waals surface area contributed by atoms with Crippen LogP contribution < -0.4 is 0 Å². The Morgan fingerprint density at radius 1 is 0.196 bits per heavy atom. The highest BCUT2D eigenvalue weighted by Gasteiger charge is 2.10. The Hall–Kier alpha value is -5.98. The summed E-state index contributed by atoms with van der Waals surface area (Å²) >= 11 is 0. The van der Waals surface area contributed by atoms with Gasteiger partial charge in [0.1, 0.15) is 0 Å². The highest BCUT2D eigenvalue weighted by Crippen LogP contribution is 2.37. The van der Waals surface area contributed by atoms with E-state index in [9.17, 15) is 0 Å². The van der Waals surface area contributed by atoms with Gasteiger partial charge in [-0.1, -0.05) is 158 Å². The quantitative estimate of drug-likeness (QED) is 0.181. The zero-order valence-corrected chi connectivity index (χ0v) is 25.3. The van der Waals surface area contributed by atoms with Gasteiger partial charge in [0.2, 0.25) is 0 Å². The minimum absolute atomic E-state index is 1.23. The van der Waals surface area contributed by atoms with Crippen molar-refractivity contribution in [2.24, 2.45) is 0 Å². The summed E-state index contributed by atoms with van der Waals surface area (Å²) in [7, 11) is 0. The molecule has 0 atom stereocenters. The molecule has 9 rings (SSSR count). The van der Waals surface area contributed by atoms with Gasteiger partial charge in [0.15, 0.2) is 0 Å². The van der Waals surface area contributed by atoms with Gasteiger partial charge in [0, 0.05) is 0 Å². The number of benzene rings is 9. The molecule has 0 spiro atoms. The summed E-state index contributed by atoms with van der Waals surface area (Å²) < 4.78 is 0. The number of fused-ring (bicyclic) bond motifs is 5. The molecule has 0 aliphatic rings. The van der Waals surface area contributed by atoms with Crippen LogP contribution in [-0.2, 0) is 0 Å². The predicted octanol–water partition coefficient (Wildman–Crippen LogP) is 13.0. The van der Waals surface area contributed by atoms with Crippen molar-refractivity contribution in [3.8, 4) is 44.5 Å². The Morgan fingerprint density at radius 3 is 1.50 bits per heavy atom. The standard InChI is InChI=1S/C46H30/c1-3-14-41-32(9-1)11-8-18-42(41)33-21-19-31(20-22-33)35-23-24-38-28-36(25-26-37(38)27-35)34-12-7-13-39(29-34)46-30-40-10-2-4-15-43(40)44-16-5-6-17-45(44)46/h1-30H. The highest BCUT2D eigenvalue weighted by atomic mass is 14.1. The van der Waals surface area contributed by atoms with E-state index in [2.05, 4.69) is 182 Å². The van der Waals surface area contributed by atoms with E-state index < -0.39 is 0 Å². The fourth-order valence-electron chi connectivity index (χ4n) is 7.08. The Kier molecular flexibility index (Phi) is 6.25. The summed E-state index contributed by atoms with van der Waals surface area (Å²) in [5, 5.41) is 10.2. The van der Waals surface area contributed by atoms with E-state index in [1.165, 1.54) is 87.6 Å². The summed E-state index contributed by atoms with van der Waals surface area (Å²) in [6, 6.07) is 66.5. The molecule has 0 amide bonds. The Bertz CT molecular complexity index is 2560. The summed E-state index contributed by atoms with van der Waals surface area (Å²) in [5.74, 6) is 0. The van der Waals surface area contributed by atoms with Gasteiger partial charge in [0.05, 0.1) is 0 Å². The van der Waals surface area contributed by atoms with Crippen LogP contribution in [0.2, 0.25) is 0 Å². The van der Waals surface area contributed by atoms with Gasteiger partial charge < -0.3 is 0 Å². The van der Waals surface area contributed by atoms with Crippen molar-refractivity contribution in [3.63, 3.8) is 0 Å². The first kappa shape index (κ1) is 26.4. The average molecular weight is 583 g/mol. The molecule has 214 valence electrons. The van der Waals surface area contributed by atoms with Crippen LogP contribution in [0, 0.1) is 0 Å². The van der Waals surface area contributed by atoms with Crippen molar-refractivity contribution < 1.29 is 0 Å². The van der Waals surface area contributed by atoms with Crippen LogP contribution in [0.3, 0.4) is 0 Å². The van der Waals surface area contributed by atoms with Crippen molar-refractivity contribution in [3.05, 3.63) is 182 Å². The largest absolute Gasteiger partial charge is 0.0616 e. The van der Waals surface area contributed by atoms with Crippen molar-refractivity contribution >= 4 is 43.1 Å². The number of rotatable bonds is 4. The second kappa shape index (κ2) is 10.9. The highest BCUT2D eigenvalue weighted by molar-refractivity contribution is 6.14. The van der Waals surface area contributed by atoms with Crippen LogP contribution in [0.15, 0.2) is 182 Å². The van der Waals surface area contributed by atoms with Gasteiger partial charge in [0.25, 0.3) is 0 Å². The molecule has 0 radical (unpaired) electrons. The zero-order valence-electron chi connectivity index (χ0n) is 25.3. The van der Waals surface area contributed by atoms with Crippen LogP contribution in [0.25, 0.3) is 87.6 Å². The third kappa shape index (κ3) is 4.55. The Balaban J connectivity index is 1.05. The molecule has 0 bridgehead atoms. The summed E-state index contributed by atoms with van der Waals surface area (Å²) in [6.45, 7) is 0. The first-order valence-corrected chi connectivity index (χ1v) is 15.9. The number of hydrogen-bond acceptors (Lipinski definition) is 0. The molecule has 0 heteroatoms. The topological polar surface area (TPSA) is 0 Å². The molecule has 0 aromatic heterocycles. The van der Waals surface area contributed by atoms with E-state index in [1.54, 1.807) is 0 Å². The molecule has 0 aliphatic carbocycles. The maximum Gasteiger partial charge on any atom is -0.00988 e. The molecule has 0 aliphatic heterocycles. The fourth-order valence-corrected chi connectivity index (χ4v) is 7.08. The Labute approximate surface area is 268 Å². The van der Waals surface area contributed by atoms with Crippen molar-refractivity contribution in [2.45, 2.75) is 0 Å². The van der Waals surface area contributed by atoms with Gasteiger partial charge in [-0.05, 0) is 112 Å². The molecule has 0 nitrogen and oxygen atoms in total. The minimum Gasteiger partial charge on any atom is -0.0616 e. The lowest BCUT2D eigenvalue weighted by Gasteiger charge is -2.13. The smallest absolute Gasteiger partial charge is 0.00988 e. The third-order valence-corrected chi connectivity index (χ3v) is 9.43. The van der Waals surface area contributed by atoms with Crippen molar-refractivity contribution in [2.75, 3.05) is 0 Å². The fraction of sp³-hybridized carbons (Fsp3) is 0. The van der Waals surface area contributed by atoms with Gasteiger partial charge in [-0.25, -0.2) is 0 Å². The lowest BCUT2D eigenvalue weighted by molar-refractivity contribution is 1.61. The van der Waals surface area contributed by atoms with Crippen molar-refractivity contribution in [1.29, 1.82) is 0 Å². The van der Waals surface area contributed by atoms with Crippen LogP contribution in [0.4, 0.5) is 0 Å². The lowest BCUT2D eigenvalue weighted by Crippen LogP contribution is -1.86. The van der Waals surface area contributed by atoms with Crippen LogP contribution in [0.1, 0.15) is 0 Å².